The zero-order valence-corrected chi connectivity index (χ0v) is 30.1. The van der Waals surface area contributed by atoms with Crippen LogP contribution in [0.15, 0.2) is 71.2 Å². The summed E-state index contributed by atoms with van der Waals surface area (Å²) in [5.74, 6) is 2.08. The molecule has 0 N–H and O–H groups in total. The molecule has 5 nitrogen and oxygen atoms in total. The first-order valence-electron chi connectivity index (χ1n) is 17.1. The Balaban J connectivity index is 1.62. The van der Waals surface area contributed by atoms with Gasteiger partial charge in [0.05, 0.1) is 36.3 Å². The number of hydrogen-bond donors (Lipinski definition) is 0. The maximum atomic E-state index is 14.1. The number of methoxy groups -OCH3 is 2. The lowest BCUT2D eigenvalue weighted by Gasteiger charge is -2.30. The molecule has 0 saturated carbocycles. The van der Waals surface area contributed by atoms with Crippen LogP contribution in [0.4, 0.5) is 24.5 Å². The lowest BCUT2D eigenvalue weighted by Crippen LogP contribution is -2.33. The SMILES string of the molecule is CCC(C)CCN1/C(=C/C2=C(OC)C(=C/C3=[N+](CCC(C)C)c4ccc(OC)cc4C3(C)C)/C2=O)C(C)(C)c2cc(C(F)(F)F)ccc21. The summed E-state index contributed by atoms with van der Waals surface area (Å²) in [6, 6.07) is 10.1. The van der Waals surface area contributed by atoms with Gasteiger partial charge in [-0.05, 0) is 74.1 Å². The van der Waals surface area contributed by atoms with E-state index in [2.05, 4.69) is 63.2 Å². The Morgan fingerprint density at radius 3 is 2.23 bits per heavy atom. The summed E-state index contributed by atoms with van der Waals surface area (Å²) in [5, 5.41) is 0. The number of benzene rings is 2. The van der Waals surface area contributed by atoms with Gasteiger partial charge in [-0.3, -0.25) is 4.79 Å². The van der Waals surface area contributed by atoms with Crippen LogP contribution in [0.5, 0.6) is 5.75 Å². The fourth-order valence-corrected chi connectivity index (χ4v) is 7.17. The molecule has 48 heavy (non-hydrogen) atoms. The molecule has 1 unspecified atom stereocenters. The number of fused-ring (bicyclic) bond motifs is 2. The minimum Gasteiger partial charge on any atom is -0.497 e. The number of halogens is 3. The van der Waals surface area contributed by atoms with Crippen LogP contribution in [-0.4, -0.2) is 43.4 Å². The first-order chi connectivity index (χ1) is 22.5. The molecule has 0 aromatic heterocycles. The first kappa shape index (κ1) is 35.5. The minimum absolute atomic E-state index is 0.135. The van der Waals surface area contributed by atoms with E-state index < -0.39 is 22.6 Å². The van der Waals surface area contributed by atoms with Gasteiger partial charge < -0.3 is 14.4 Å². The monoisotopic (exact) mass is 663 g/mol. The largest absolute Gasteiger partial charge is 0.497 e. The van der Waals surface area contributed by atoms with Gasteiger partial charge in [-0.1, -0.05) is 48.0 Å². The van der Waals surface area contributed by atoms with E-state index in [4.69, 9.17) is 9.47 Å². The molecule has 0 bridgehead atoms. The third-order valence-electron chi connectivity index (χ3n) is 10.5. The van der Waals surface area contributed by atoms with Crippen molar-refractivity contribution in [1.29, 1.82) is 0 Å². The average Bonchev–Trinajstić information content (AvgIpc) is 3.38. The summed E-state index contributed by atoms with van der Waals surface area (Å²) in [5.41, 5.74) is 4.50. The highest BCUT2D eigenvalue weighted by molar-refractivity contribution is 6.24. The van der Waals surface area contributed by atoms with Crippen molar-refractivity contribution in [1.82, 2.24) is 0 Å². The number of Topliss-reactive ketones (excluding diaryl/α,β-unsaturated/α-hetero) is 1. The van der Waals surface area contributed by atoms with E-state index >= 15 is 0 Å². The molecule has 0 amide bonds. The van der Waals surface area contributed by atoms with Gasteiger partial charge in [0.25, 0.3) is 0 Å². The first-order valence-corrected chi connectivity index (χ1v) is 17.1. The van der Waals surface area contributed by atoms with Crippen LogP contribution in [0.3, 0.4) is 0 Å². The Morgan fingerprint density at radius 2 is 1.62 bits per heavy atom. The van der Waals surface area contributed by atoms with E-state index in [9.17, 15) is 18.0 Å². The Bertz CT molecular complexity index is 1740. The lowest BCUT2D eigenvalue weighted by molar-refractivity contribution is -0.439. The fourth-order valence-electron chi connectivity index (χ4n) is 7.17. The van der Waals surface area contributed by atoms with Gasteiger partial charge in [-0.2, -0.15) is 17.7 Å². The summed E-state index contributed by atoms with van der Waals surface area (Å²) in [7, 11) is 3.23. The van der Waals surface area contributed by atoms with Crippen molar-refractivity contribution in [3.05, 3.63) is 87.8 Å². The van der Waals surface area contributed by atoms with E-state index in [1.54, 1.807) is 20.3 Å². The molecule has 0 spiro atoms. The van der Waals surface area contributed by atoms with Crippen LogP contribution >= 0.6 is 0 Å². The average molecular weight is 664 g/mol. The Hall–Kier alpha value is -3.81. The second kappa shape index (κ2) is 12.9. The van der Waals surface area contributed by atoms with Crippen molar-refractivity contribution in [2.75, 3.05) is 32.2 Å². The lowest BCUT2D eigenvalue weighted by atomic mass is 9.77. The molecular formula is C40H50F3N2O3+. The number of alkyl halides is 3. The van der Waals surface area contributed by atoms with Gasteiger partial charge in [0.2, 0.25) is 11.5 Å². The number of ether oxygens (including phenoxy) is 2. The topological polar surface area (TPSA) is 41.8 Å². The van der Waals surface area contributed by atoms with E-state index in [-0.39, 0.29) is 5.78 Å². The van der Waals surface area contributed by atoms with Crippen molar-refractivity contribution in [3.8, 4) is 5.75 Å². The molecule has 2 aliphatic heterocycles. The molecule has 2 aromatic rings. The van der Waals surface area contributed by atoms with Gasteiger partial charge in [0, 0.05) is 47.5 Å². The molecule has 1 aliphatic carbocycles. The van der Waals surface area contributed by atoms with Gasteiger partial charge in [-0.25, -0.2) is 0 Å². The number of ketones is 1. The summed E-state index contributed by atoms with van der Waals surface area (Å²) in [4.78, 5) is 16.2. The Labute approximate surface area is 283 Å². The smallest absolute Gasteiger partial charge is 0.416 e. The molecule has 5 rings (SSSR count). The molecule has 8 heteroatoms. The third kappa shape index (κ3) is 6.12. The highest BCUT2D eigenvalue weighted by Gasteiger charge is 2.48. The predicted octanol–water partition coefficient (Wildman–Crippen LogP) is 9.66. The Kier molecular flexibility index (Phi) is 9.54. The molecular weight excluding hydrogens is 613 g/mol. The second-order valence-corrected chi connectivity index (χ2v) is 14.9. The van der Waals surface area contributed by atoms with Gasteiger partial charge in [0.15, 0.2) is 5.71 Å². The van der Waals surface area contributed by atoms with E-state index in [0.717, 1.165) is 66.0 Å². The molecule has 2 heterocycles. The van der Waals surface area contributed by atoms with Gasteiger partial charge >= 0.3 is 6.18 Å². The third-order valence-corrected chi connectivity index (χ3v) is 10.5. The van der Waals surface area contributed by atoms with Crippen molar-refractivity contribution < 1.29 is 32.0 Å². The summed E-state index contributed by atoms with van der Waals surface area (Å²) in [6.07, 6.45) is 2.22. The molecule has 0 fully saturated rings. The second-order valence-electron chi connectivity index (χ2n) is 14.9. The number of carbonyl (C=O) groups excluding carboxylic acids is 1. The number of rotatable bonds is 11. The fraction of sp³-hybridized carbons (Fsp3) is 0.500. The summed E-state index contributed by atoms with van der Waals surface area (Å²) < 4.78 is 55.2. The molecule has 2 aromatic carbocycles. The van der Waals surface area contributed by atoms with Crippen LogP contribution in [0.25, 0.3) is 0 Å². The van der Waals surface area contributed by atoms with Crippen LogP contribution in [0.1, 0.15) is 91.3 Å². The molecule has 0 radical (unpaired) electrons. The van der Waals surface area contributed by atoms with Crippen LogP contribution < -0.4 is 9.64 Å². The maximum Gasteiger partial charge on any atom is 0.416 e. The number of allylic oxidation sites excluding steroid dienone is 5. The molecule has 258 valence electrons. The number of nitrogens with zero attached hydrogens (tertiary/aromatic N) is 2. The normalized spacial score (nSPS) is 20.5. The van der Waals surface area contributed by atoms with Crippen molar-refractivity contribution >= 4 is 22.9 Å². The van der Waals surface area contributed by atoms with Gasteiger partial charge in [-0.15, -0.1) is 0 Å². The quantitative estimate of drug-likeness (QED) is 0.177. The zero-order chi connectivity index (χ0) is 35.3. The highest BCUT2D eigenvalue weighted by Crippen LogP contribution is 2.51. The number of hydrogen-bond acceptors (Lipinski definition) is 4. The standard InChI is InChI=1S/C40H50F3N2O3/c1-11-25(4)17-19-45-32-14-12-26(40(41,42)43)20-30(32)38(5,6)34(45)22-28-36(46)29(37(28)48-10)23-35-39(7,8)31-21-27(47-9)13-15-33(31)44(35)18-16-24(2)3/h12-15,20-25H,11,16-19H2,1-10H3/q+1. The van der Waals surface area contributed by atoms with Crippen molar-refractivity contribution in [3.63, 3.8) is 0 Å². The van der Waals surface area contributed by atoms with Crippen LogP contribution in [0, 0.1) is 11.8 Å². The van der Waals surface area contributed by atoms with Gasteiger partial charge in [0.1, 0.15) is 18.1 Å². The molecule has 0 saturated heterocycles. The van der Waals surface area contributed by atoms with E-state index in [1.165, 1.54) is 6.07 Å². The summed E-state index contributed by atoms with van der Waals surface area (Å²) >= 11 is 0. The number of anilines is 1. The van der Waals surface area contributed by atoms with E-state index in [1.807, 2.05) is 32.1 Å². The maximum absolute atomic E-state index is 14.1. The Morgan fingerprint density at radius 1 is 0.917 bits per heavy atom. The van der Waals surface area contributed by atoms with Crippen LogP contribution in [-0.2, 0) is 26.5 Å². The molecule has 3 aliphatic rings. The highest BCUT2D eigenvalue weighted by atomic mass is 19.4. The summed E-state index contributed by atoms with van der Waals surface area (Å²) in [6.45, 7) is 18.3. The number of carbonyl (C=O) groups is 1. The van der Waals surface area contributed by atoms with E-state index in [0.29, 0.717) is 40.8 Å². The zero-order valence-electron chi connectivity index (χ0n) is 30.1. The minimum atomic E-state index is -4.45. The van der Waals surface area contributed by atoms with Crippen molar-refractivity contribution in [2.45, 2.75) is 91.7 Å². The van der Waals surface area contributed by atoms with Crippen molar-refractivity contribution in [2.24, 2.45) is 11.8 Å². The predicted molar refractivity (Wildman–Crippen MR) is 186 cm³/mol. The molecule has 1 atom stereocenters. The van der Waals surface area contributed by atoms with Crippen LogP contribution in [0.2, 0.25) is 0 Å².